The molecular formula is C12H29N. The minimum atomic E-state index is 0.724. The first-order chi connectivity index (χ1) is 6.09. The lowest BCUT2D eigenvalue weighted by atomic mass is 10.1. The Labute approximate surface area is 85.5 Å². The quantitative estimate of drug-likeness (QED) is 0.633. The van der Waals surface area contributed by atoms with Crippen molar-refractivity contribution in [3.05, 3.63) is 0 Å². The summed E-state index contributed by atoms with van der Waals surface area (Å²) in [5.74, 6) is 0.775. The van der Waals surface area contributed by atoms with Crippen molar-refractivity contribution in [1.82, 2.24) is 4.90 Å². The average Bonchev–Trinajstić information content (AvgIpc) is 2.16. The molecule has 0 bridgehead atoms. The van der Waals surface area contributed by atoms with E-state index < -0.39 is 0 Å². The van der Waals surface area contributed by atoms with E-state index in [1.807, 2.05) is 13.8 Å². The van der Waals surface area contributed by atoms with Crippen molar-refractivity contribution in [3.8, 4) is 0 Å². The van der Waals surface area contributed by atoms with Gasteiger partial charge >= 0.3 is 0 Å². The Morgan fingerprint density at radius 3 is 1.85 bits per heavy atom. The van der Waals surface area contributed by atoms with Crippen molar-refractivity contribution in [2.24, 2.45) is 5.92 Å². The van der Waals surface area contributed by atoms with Gasteiger partial charge in [0.2, 0.25) is 0 Å². The molecule has 0 aromatic rings. The van der Waals surface area contributed by atoms with Gasteiger partial charge in [0.15, 0.2) is 0 Å². The van der Waals surface area contributed by atoms with E-state index in [9.17, 15) is 0 Å². The highest BCUT2D eigenvalue weighted by Gasteiger charge is 2.11. The molecule has 82 valence electrons. The van der Waals surface area contributed by atoms with Gasteiger partial charge in [0.05, 0.1) is 0 Å². The molecule has 0 aromatic heterocycles. The summed E-state index contributed by atoms with van der Waals surface area (Å²) in [7, 11) is 2.22. The first kappa shape index (κ1) is 15.4. The van der Waals surface area contributed by atoms with E-state index in [1.54, 1.807) is 0 Å². The largest absolute Gasteiger partial charge is 0.303 e. The fourth-order valence-corrected chi connectivity index (χ4v) is 1.12. The Kier molecular flexibility index (Phi) is 11.9. The molecule has 0 N–H and O–H groups in total. The fraction of sp³-hybridized carbons (Fsp3) is 1.00. The fourth-order valence-electron chi connectivity index (χ4n) is 1.12. The van der Waals surface area contributed by atoms with Crippen LogP contribution >= 0.6 is 0 Å². The molecule has 0 saturated heterocycles. The van der Waals surface area contributed by atoms with Crippen molar-refractivity contribution in [3.63, 3.8) is 0 Å². The number of nitrogens with zero attached hydrogens (tertiary/aromatic N) is 1. The third-order valence-electron chi connectivity index (χ3n) is 2.52. The molecule has 0 fully saturated rings. The first-order valence-electron chi connectivity index (χ1n) is 5.79. The van der Waals surface area contributed by atoms with E-state index in [1.165, 1.54) is 19.4 Å². The zero-order chi connectivity index (χ0) is 10.9. The third kappa shape index (κ3) is 8.29. The lowest BCUT2D eigenvalue weighted by Gasteiger charge is -2.27. The van der Waals surface area contributed by atoms with Crippen LogP contribution < -0.4 is 0 Å². The van der Waals surface area contributed by atoms with Crippen LogP contribution in [0, 0.1) is 5.92 Å². The Morgan fingerprint density at radius 2 is 1.54 bits per heavy atom. The molecular weight excluding hydrogens is 158 g/mol. The number of unbranched alkanes of at least 4 members (excludes halogenated alkanes) is 1. The maximum Gasteiger partial charge on any atom is 0.00868 e. The van der Waals surface area contributed by atoms with Gasteiger partial charge in [-0.2, -0.15) is 0 Å². The highest BCUT2D eigenvalue weighted by molar-refractivity contribution is 4.65. The van der Waals surface area contributed by atoms with Crippen LogP contribution in [0.4, 0.5) is 0 Å². The van der Waals surface area contributed by atoms with Crippen molar-refractivity contribution >= 4 is 0 Å². The smallest absolute Gasteiger partial charge is 0.00868 e. The van der Waals surface area contributed by atoms with Gasteiger partial charge < -0.3 is 4.90 Å². The van der Waals surface area contributed by atoms with Gasteiger partial charge in [-0.15, -0.1) is 0 Å². The Hall–Kier alpha value is -0.0400. The molecule has 1 nitrogen and oxygen atoms in total. The summed E-state index contributed by atoms with van der Waals surface area (Å²) in [6, 6.07) is 0.724. The second-order valence-electron chi connectivity index (χ2n) is 3.82. The normalized spacial score (nSPS) is 12.7. The lowest BCUT2D eigenvalue weighted by Crippen LogP contribution is -2.33. The van der Waals surface area contributed by atoms with Crippen molar-refractivity contribution in [2.45, 2.75) is 60.4 Å². The summed E-state index contributed by atoms with van der Waals surface area (Å²) in [5.41, 5.74) is 0. The molecule has 0 aromatic carbocycles. The van der Waals surface area contributed by atoms with E-state index in [0.717, 1.165) is 12.0 Å². The van der Waals surface area contributed by atoms with Crippen LogP contribution in [-0.4, -0.2) is 24.5 Å². The van der Waals surface area contributed by atoms with E-state index in [2.05, 4.69) is 39.6 Å². The van der Waals surface area contributed by atoms with Crippen molar-refractivity contribution < 1.29 is 0 Å². The van der Waals surface area contributed by atoms with Crippen molar-refractivity contribution in [2.75, 3.05) is 13.6 Å². The van der Waals surface area contributed by atoms with Crippen LogP contribution in [-0.2, 0) is 0 Å². The van der Waals surface area contributed by atoms with Gasteiger partial charge in [-0.25, -0.2) is 0 Å². The van der Waals surface area contributed by atoms with Gasteiger partial charge in [-0.3, -0.25) is 0 Å². The van der Waals surface area contributed by atoms with Gasteiger partial charge in [0.1, 0.15) is 0 Å². The maximum absolute atomic E-state index is 2.45. The number of hydrogen-bond donors (Lipinski definition) is 0. The second-order valence-corrected chi connectivity index (χ2v) is 3.82. The summed E-state index contributed by atoms with van der Waals surface area (Å²) < 4.78 is 0. The number of rotatable bonds is 5. The molecule has 0 aliphatic rings. The molecule has 0 aliphatic carbocycles. The van der Waals surface area contributed by atoms with Gasteiger partial charge in [-0.05, 0) is 32.9 Å². The average molecular weight is 187 g/mol. The van der Waals surface area contributed by atoms with Gasteiger partial charge in [0, 0.05) is 6.04 Å². The SMILES string of the molecule is CC.CCCCN(C)C(C)C(C)C. The summed E-state index contributed by atoms with van der Waals surface area (Å²) in [4.78, 5) is 2.45. The predicted octanol–water partition coefficient (Wildman–Crippen LogP) is 3.79. The van der Waals surface area contributed by atoms with E-state index in [4.69, 9.17) is 0 Å². The molecule has 1 unspecified atom stereocenters. The van der Waals surface area contributed by atoms with Gasteiger partial charge in [-0.1, -0.05) is 41.0 Å². The van der Waals surface area contributed by atoms with Crippen LogP contribution in [0.1, 0.15) is 54.4 Å². The van der Waals surface area contributed by atoms with Crippen LogP contribution in [0.5, 0.6) is 0 Å². The minimum Gasteiger partial charge on any atom is -0.303 e. The van der Waals surface area contributed by atoms with E-state index in [-0.39, 0.29) is 0 Å². The highest BCUT2D eigenvalue weighted by atomic mass is 15.1. The first-order valence-corrected chi connectivity index (χ1v) is 5.79. The molecule has 0 amide bonds. The maximum atomic E-state index is 2.45. The minimum absolute atomic E-state index is 0.724. The molecule has 0 spiro atoms. The number of hydrogen-bond acceptors (Lipinski definition) is 1. The molecule has 0 heterocycles. The lowest BCUT2D eigenvalue weighted by molar-refractivity contribution is 0.205. The summed E-state index contributed by atoms with van der Waals surface area (Å²) >= 11 is 0. The summed E-state index contributed by atoms with van der Waals surface area (Å²) in [6.07, 6.45) is 2.63. The monoisotopic (exact) mass is 187 g/mol. The van der Waals surface area contributed by atoms with Gasteiger partial charge in [0.25, 0.3) is 0 Å². The van der Waals surface area contributed by atoms with Crippen LogP contribution in [0.2, 0.25) is 0 Å². The Bertz CT molecular complexity index is 89.1. The van der Waals surface area contributed by atoms with E-state index >= 15 is 0 Å². The van der Waals surface area contributed by atoms with E-state index in [0.29, 0.717) is 0 Å². The van der Waals surface area contributed by atoms with Crippen LogP contribution in [0.3, 0.4) is 0 Å². The molecule has 13 heavy (non-hydrogen) atoms. The van der Waals surface area contributed by atoms with Crippen LogP contribution in [0.25, 0.3) is 0 Å². The molecule has 0 radical (unpaired) electrons. The molecule has 0 aliphatic heterocycles. The summed E-state index contributed by atoms with van der Waals surface area (Å²) in [6.45, 7) is 14.4. The molecule has 0 rings (SSSR count). The predicted molar refractivity (Wildman–Crippen MR) is 63.2 cm³/mol. The highest BCUT2D eigenvalue weighted by Crippen LogP contribution is 2.08. The zero-order valence-electron chi connectivity index (χ0n) is 10.7. The summed E-state index contributed by atoms with van der Waals surface area (Å²) in [5, 5.41) is 0. The molecule has 1 atom stereocenters. The second kappa shape index (κ2) is 10.0. The standard InChI is InChI=1S/C10H23N.C2H6/c1-6-7-8-11(5)10(4)9(2)3;1-2/h9-10H,6-8H2,1-5H3;1-2H3. The topological polar surface area (TPSA) is 3.24 Å². The molecule has 0 saturated carbocycles. The Morgan fingerprint density at radius 1 is 1.08 bits per heavy atom. The van der Waals surface area contributed by atoms with Crippen LogP contribution in [0.15, 0.2) is 0 Å². The Balaban J connectivity index is 0. The van der Waals surface area contributed by atoms with Crippen molar-refractivity contribution in [1.29, 1.82) is 0 Å². The third-order valence-corrected chi connectivity index (χ3v) is 2.52. The molecule has 1 heteroatoms. The zero-order valence-corrected chi connectivity index (χ0v) is 10.7.